The lowest BCUT2D eigenvalue weighted by Crippen LogP contribution is -2.16. The van der Waals surface area contributed by atoms with Crippen molar-refractivity contribution in [2.75, 3.05) is 13.2 Å². The molecule has 0 unspecified atom stereocenters. The second-order valence-electron chi connectivity index (χ2n) is 4.13. The molecular formula is C14H18N2O2. The topological polar surface area (TPSA) is 47.3 Å². The van der Waals surface area contributed by atoms with Crippen molar-refractivity contribution in [3.8, 4) is 5.75 Å². The predicted octanol–water partition coefficient (Wildman–Crippen LogP) is 2.54. The summed E-state index contributed by atoms with van der Waals surface area (Å²) in [7, 11) is 0. The summed E-state index contributed by atoms with van der Waals surface area (Å²) in [6.07, 6.45) is 0.960. The fraction of sp³-hybridized carbons (Fsp3) is 0.357. The minimum Gasteiger partial charge on any atom is -0.494 e. The number of nitrogens with one attached hydrogen (secondary N) is 1. The highest BCUT2D eigenvalue weighted by molar-refractivity contribution is 5.20. The van der Waals surface area contributed by atoms with Gasteiger partial charge in [-0.1, -0.05) is 23.4 Å². The Kier molecular flexibility index (Phi) is 4.78. The molecule has 1 heterocycles. The van der Waals surface area contributed by atoms with E-state index < -0.39 is 0 Å². The molecule has 0 aliphatic heterocycles. The van der Waals surface area contributed by atoms with Crippen LogP contribution in [-0.2, 0) is 6.54 Å². The summed E-state index contributed by atoms with van der Waals surface area (Å²) in [5.41, 5.74) is 0.916. The lowest BCUT2D eigenvalue weighted by Gasteiger charge is -2.05. The summed E-state index contributed by atoms with van der Waals surface area (Å²) in [5.74, 6) is 1.79. The van der Waals surface area contributed by atoms with Crippen LogP contribution in [0.1, 0.15) is 17.9 Å². The van der Waals surface area contributed by atoms with Crippen LogP contribution in [0.5, 0.6) is 5.75 Å². The Balaban J connectivity index is 1.54. The molecule has 0 aliphatic carbocycles. The summed E-state index contributed by atoms with van der Waals surface area (Å²) in [4.78, 5) is 0. The number of rotatable bonds is 7. The van der Waals surface area contributed by atoms with E-state index >= 15 is 0 Å². The van der Waals surface area contributed by atoms with Crippen LogP contribution in [-0.4, -0.2) is 18.3 Å². The molecule has 1 aromatic heterocycles. The van der Waals surface area contributed by atoms with Gasteiger partial charge >= 0.3 is 0 Å². The van der Waals surface area contributed by atoms with Gasteiger partial charge in [0.2, 0.25) is 0 Å². The van der Waals surface area contributed by atoms with Crippen LogP contribution in [0.4, 0.5) is 0 Å². The van der Waals surface area contributed by atoms with Crippen molar-refractivity contribution in [3.05, 3.63) is 47.9 Å². The van der Waals surface area contributed by atoms with E-state index in [1.807, 2.05) is 43.3 Å². The first kappa shape index (κ1) is 12.6. The molecule has 0 saturated carbocycles. The summed E-state index contributed by atoms with van der Waals surface area (Å²) >= 11 is 0. The first-order valence-electron chi connectivity index (χ1n) is 6.15. The second-order valence-corrected chi connectivity index (χ2v) is 4.13. The summed E-state index contributed by atoms with van der Waals surface area (Å²) in [6.45, 7) is 4.24. The first-order chi connectivity index (χ1) is 8.84. The molecule has 0 fully saturated rings. The van der Waals surface area contributed by atoms with Gasteiger partial charge in [-0.3, -0.25) is 0 Å². The molecule has 4 nitrogen and oxygen atoms in total. The molecule has 2 rings (SSSR count). The van der Waals surface area contributed by atoms with Crippen LogP contribution in [0.25, 0.3) is 0 Å². The molecule has 0 amide bonds. The summed E-state index contributed by atoms with van der Waals surface area (Å²) < 4.78 is 10.7. The summed E-state index contributed by atoms with van der Waals surface area (Å²) in [6, 6.07) is 11.8. The average Bonchev–Trinajstić information content (AvgIpc) is 2.81. The lowest BCUT2D eigenvalue weighted by molar-refractivity contribution is 0.305. The molecule has 4 heteroatoms. The van der Waals surface area contributed by atoms with Crippen LogP contribution >= 0.6 is 0 Å². The molecule has 2 aromatic rings. The Morgan fingerprint density at radius 3 is 2.83 bits per heavy atom. The minimum atomic E-state index is 0.714. The SMILES string of the molecule is Cc1cc(CNCCCOc2ccccc2)on1. The number of hydrogen-bond acceptors (Lipinski definition) is 4. The van der Waals surface area contributed by atoms with E-state index in [1.54, 1.807) is 0 Å². The van der Waals surface area contributed by atoms with Gasteiger partial charge in [0.25, 0.3) is 0 Å². The molecule has 18 heavy (non-hydrogen) atoms. The van der Waals surface area contributed by atoms with Crippen molar-refractivity contribution in [2.45, 2.75) is 19.9 Å². The number of para-hydroxylation sites is 1. The van der Waals surface area contributed by atoms with Gasteiger partial charge in [-0.25, -0.2) is 0 Å². The number of aryl methyl sites for hydroxylation is 1. The largest absolute Gasteiger partial charge is 0.494 e. The fourth-order valence-electron chi connectivity index (χ4n) is 1.62. The summed E-state index contributed by atoms with van der Waals surface area (Å²) in [5, 5.41) is 7.12. The quantitative estimate of drug-likeness (QED) is 0.763. The molecule has 0 spiro atoms. The standard InChI is InChI=1S/C14H18N2O2/c1-12-10-14(18-16-12)11-15-8-5-9-17-13-6-3-2-4-7-13/h2-4,6-7,10,15H,5,8-9,11H2,1H3. The van der Waals surface area contributed by atoms with Crippen molar-refractivity contribution in [1.29, 1.82) is 0 Å². The van der Waals surface area contributed by atoms with Gasteiger partial charge in [-0.15, -0.1) is 0 Å². The maximum atomic E-state index is 5.59. The van der Waals surface area contributed by atoms with Crippen molar-refractivity contribution in [3.63, 3.8) is 0 Å². The van der Waals surface area contributed by atoms with Crippen molar-refractivity contribution in [2.24, 2.45) is 0 Å². The zero-order valence-corrected chi connectivity index (χ0v) is 10.6. The molecule has 1 aromatic carbocycles. The lowest BCUT2D eigenvalue weighted by atomic mass is 10.3. The molecule has 0 aliphatic rings. The third-order valence-corrected chi connectivity index (χ3v) is 2.49. The number of nitrogens with zero attached hydrogens (tertiary/aromatic N) is 1. The predicted molar refractivity (Wildman–Crippen MR) is 69.5 cm³/mol. The van der Waals surface area contributed by atoms with E-state index in [0.717, 1.165) is 30.2 Å². The van der Waals surface area contributed by atoms with Crippen molar-refractivity contribution in [1.82, 2.24) is 10.5 Å². The Morgan fingerprint density at radius 1 is 1.28 bits per heavy atom. The third-order valence-electron chi connectivity index (χ3n) is 2.49. The average molecular weight is 246 g/mol. The van der Waals surface area contributed by atoms with Crippen molar-refractivity contribution < 1.29 is 9.26 Å². The molecule has 0 radical (unpaired) electrons. The Hall–Kier alpha value is -1.81. The number of ether oxygens (including phenoxy) is 1. The molecule has 0 saturated heterocycles. The first-order valence-corrected chi connectivity index (χ1v) is 6.15. The van der Waals surface area contributed by atoms with Gasteiger partial charge in [-0.05, 0) is 32.0 Å². The number of hydrogen-bond donors (Lipinski definition) is 1. The zero-order chi connectivity index (χ0) is 12.6. The molecule has 1 N–H and O–H groups in total. The van der Waals surface area contributed by atoms with Crippen LogP contribution in [0.2, 0.25) is 0 Å². The Morgan fingerprint density at radius 2 is 2.11 bits per heavy atom. The molecular weight excluding hydrogens is 228 g/mol. The van der Waals surface area contributed by atoms with Gasteiger partial charge in [0.15, 0.2) is 5.76 Å². The van der Waals surface area contributed by atoms with Crippen LogP contribution in [0, 0.1) is 6.92 Å². The van der Waals surface area contributed by atoms with E-state index in [4.69, 9.17) is 9.26 Å². The van der Waals surface area contributed by atoms with E-state index in [0.29, 0.717) is 13.2 Å². The fourth-order valence-corrected chi connectivity index (χ4v) is 1.62. The monoisotopic (exact) mass is 246 g/mol. The van der Waals surface area contributed by atoms with Crippen molar-refractivity contribution >= 4 is 0 Å². The van der Waals surface area contributed by atoms with Crippen LogP contribution in [0.15, 0.2) is 40.9 Å². The number of aromatic nitrogens is 1. The molecule has 0 atom stereocenters. The highest BCUT2D eigenvalue weighted by Gasteiger charge is 1.99. The van der Waals surface area contributed by atoms with Gasteiger partial charge in [0.05, 0.1) is 18.8 Å². The molecule has 0 bridgehead atoms. The maximum absolute atomic E-state index is 5.59. The van der Waals surface area contributed by atoms with E-state index in [1.165, 1.54) is 0 Å². The van der Waals surface area contributed by atoms with Gasteiger partial charge in [0, 0.05) is 6.07 Å². The molecule has 96 valence electrons. The number of benzene rings is 1. The van der Waals surface area contributed by atoms with Gasteiger partial charge in [0.1, 0.15) is 5.75 Å². The minimum absolute atomic E-state index is 0.714. The van der Waals surface area contributed by atoms with E-state index in [9.17, 15) is 0 Å². The van der Waals surface area contributed by atoms with Gasteiger partial charge < -0.3 is 14.6 Å². The Labute approximate surface area is 107 Å². The second kappa shape index (κ2) is 6.81. The smallest absolute Gasteiger partial charge is 0.150 e. The normalized spacial score (nSPS) is 10.5. The third kappa shape index (κ3) is 4.22. The highest BCUT2D eigenvalue weighted by Crippen LogP contribution is 2.08. The van der Waals surface area contributed by atoms with Gasteiger partial charge in [-0.2, -0.15) is 0 Å². The van der Waals surface area contributed by atoms with E-state index in [-0.39, 0.29) is 0 Å². The maximum Gasteiger partial charge on any atom is 0.150 e. The Bertz CT molecular complexity index is 454. The highest BCUT2D eigenvalue weighted by atomic mass is 16.5. The zero-order valence-electron chi connectivity index (χ0n) is 10.6. The van der Waals surface area contributed by atoms with Crippen LogP contribution in [0.3, 0.4) is 0 Å². The van der Waals surface area contributed by atoms with E-state index in [2.05, 4.69) is 10.5 Å². The van der Waals surface area contributed by atoms with Crippen LogP contribution < -0.4 is 10.1 Å².